The second kappa shape index (κ2) is 8.40. The van der Waals surface area contributed by atoms with Crippen LogP contribution in [0.4, 0.5) is 14.5 Å². The van der Waals surface area contributed by atoms with Gasteiger partial charge in [-0.05, 0) is 47.3 Å². The minimum Gasteiger partial charge on any atom is -0.324 e. The summed E-state index contributed by atoms with van der Waals surface area (Å²) in [5, 5.41) is 7.88. The zero-order chi connectivity index (χ0) is 18.5. The molecule has 0 radical (unpaired) electrons. The lowest BCUT2D eigenvalue weighted by molar-refractivity contribution is -0.115. The van der Waals surface area contributed by atoms with Gasteiger partial charge in [-0.2, -0.15) is 0 Å². The topological polar surface area (TPSA) is 41.1 Å². The highest BCUT2D eigenvalue weighted by Gasteiger charge is 2.16. The molecule has 0 saturated carbocycles. The number of amides is 1. The van der Waals surface area contributed by atoms with Crippen LogP contribution in [0.15, 0.2) is 60.0 Å². The van der Waals surface area contributed by atoms with E-state index >= 15 is 0 Å². The van der Waals surface area contributed by atoms with Crippen LogP contribution in [-0.2, 0) is 4.79 Å². The first-order valence-corrected chi connectivity index (χ1v) is 9.06. The number of benzene rings is 2. The number of carbonyl (C=O) groups is 1. The number of halogens is 3. The predicted octanol–water partition coefficient (Wildman–Crippen LogP) is 5.00. The van der Waals surface area contributed by atoms with Gasteiger partial charge in [0.2, 0.25) is 5.91 Å². The van der Waals surface area contributed by atoms with Crippen LogP contribution >= 0.6 is 22.9 Å². The van der Waals surface area contributed by atoms with Gasteiger partial charge in [-0.3, -0.25) is 10.1 Å². The smallest absolute Gasteiger partial charge is 0.238 e. The fourth-order valence-corrected chi connectivity index (χ4v) is 3.51. The lowest BCUT2D eigenvalue weighted by Gasteiger charge is -2.18. The lowest BCUT2D eigenvalue weighted by Crippen LogP contribution is -2.31. The molecule has 1 atom stereocenters. The molecule has 0 spiro atoms. The van der Waals surface area contributed by atoms with Gasteiger partial charge in [-0.15, -0.1) is 11.3 Å². The van der Waals surface area contributed by atoms with Crippen LogP contribution in [-0.4, -0.2) is 12.5 Å². The van der Waals surface area contributed by atoms with Crippen molar-refractivity contribution in [3.8, 4) is 0 Å². The molecule has 0 aliphatic heterocycles. The van der Waals surface area contributed by atoms with E-state index in [0.717, 1.165) is 16.5 Å². The van der Waals surface area contributed by atoms with Gasteiger partial charge < -0.3 is 5.32 Å². The first-order chi connectivity index (χ1) is 12.5. The predicted molar refractivity (Wildman–Crippen MR) is 101 cm³/mol. The Hall–Kier alpha value is -2.28. The van der Waals surface area contributed by atoms with Crippen molar-refractivity contribution in [1.29, 1.82) is 0 Å². The molecule has 2 aromatic carbocycles. The van der Waals surface area contributed by atoms with Crippen molar-refractivity contribution in [2.24, 2.45) is 0 Å². The van der Waals surface area contributed by atoms with Crippen molar-refractivity contribution in [2.45, 2.75) is 6.04 Å². The van der Waals surface area contributed by atoms with Gasteiger partial charge >= 0.3 is 0 Å². The Bertz CT molecular complexity index is 885. The monoisotopic (exact) mass is 392 g/mol. The first kappa shape index (κ1) is 18.5. The Morgan fingerprint density at radius 1 is 1.08 bits per heavy atom. The zero-order valence-corrected chi connectivity index (χ0v) is 15.1. The average Bonchev–Trinajstić information content (AvgIpc) is 3.13. The number of thiophene rings is 1. The molecular formula is C19H15ClF2N2OS. The van der Waals surface area contributed by atoms with Gasteiger partial charge in [0, 0.05) is 4.88 Å². The Kier molecular flexibility index (Phi) is 5.98. The molecule has 0 bridgehead atoms. The summed E-state index contributed by atoms with van der Waals surface area (Å²) in [5.74, 6) is -1.11. The minimum atomic E-state index is -0.472. The normalized spacial score (nSPS) is 12.0. The molecule has 7 heteroatoms. The van der Waals surface area contributed by atoms with E-state index in [-0.39, 0.29) is 29.3 Å². The molecule has 2 N–H and O–H groups in total. The van der Waals surface area contributed by atoms with Gasteiger partial charge in [0.25, 0.3) is 0 Å². The number of hydrogen-bond donors (Lipinski definition) is 2. The van der Waals surface area contributed by atoms with Crippen molar-refractivity contribution in [2.75, 3.05) is 11.9 Å². The summed E-state index contributed by atoms with van der Waals surface area (Å²) in [6.07, 6.45) is 0. The standard InChI is InChI=1S/C19H15ClF2N2OS/c20-15-10-14(22)7-8-16(15)24-18(25)11-23-19(17-2-1-9-26-17)12-3-5-13(21)6-4-12/h1-10,19,23H,11H2,(H,24,25). The number of anilines is 1. The van der Waals surface area contributed by atoms with Crippen molar-refractivity contribution in [3.63, 3.8) is 0 Å². The summed E-state index contributed by atoms with van der Waals surface area (Å²) < 4.78 is 26.3. The SMILES string of the molecule is O=C(CNC(c1ccc(F)cc1)c1cccs1)Nc1ccc(F)cc1Cl. The highest BCUT2D eigenvalue weighted by atomic mass is 35.5. The Morgan fingerprint density at radius 3 is 2.46 bits per heavy atom. The van der Waals surface area contributed by atoms with E-state index in [0.29, 0.717) is 5.69 Å². The fraction of sp³-hybridized carbons (Fsp3) is 0.105. The van der Waals surface area contributed by atoms with Crippen LogP contribution in [0.3, 0.4) is 0 Å². The maximum Gasteiger partial charge on any atom is 0.238 e. The molecule has 0 saturated heterocycles. The molecule has 3 aromatic rings. The third kappa shape index (κ3) is 4.66. The third-order valence-electron chi connectivity index (χ3n) is 3.70. The van der Waals surface area contributed by atoms with Crippen molar-refractivity contribution in [3.05, 3.63) is 87.1 Å². The molecule has 26 heavy (non-hydrogen) atoms. The molecule has 1 heterocycles. The van der Waals surface area contributed by atoms with Crippen molar-refractivity contribution >= 4 is 34.5 Å². The maximum absolute atomic E-state index is 13.2. The summed E-state index contributed by atoms with van der Waals surface area (Å²) in [5.41, 5.74) is 1.19. The van der Waals surface area contributed by atoms with E-state index in [9.17, 15) is 13.6 Å². The molecular weight excluding hydrogens is 378 g/mol. The van der Waals surface area contributed by atoms with Crippen LogP contribution in [0.1, 0.15) is 16.5 Å². The Labute approximate surface area is 158 Å². The second-order valence-corrected chi connectivity index (χ2v) is 6.94. The first-order valence-electron chi connectivity index (χ1n) is 7.80. The number of rotatable bonds is 6. The van der Waals surface area contributed by atoms with E-state index in [1.165, 1.54) is 35.6 Å². The quantitative estimate of drug-likeness (QED) is 0.620. The molecule has 0 aliphatic carbocycles. The summed E-state index contributed by atoms with van der Waals surface area (Å²) in [4.78, 5) is 13.2. The molecule has 1 aromatic heterocycles. The molecule has 0 fully saturated rings. The Morgan fingerprint density at radius 2 is 1.81 bits per heavy atom. The second-order valence-electron chi connectivity index (χ2n) is 5.55. The Balaban J connectivity index is 1.69. The van der Waals surface area contributed by atoms with Crippen LogP contribution in [0.25, 0.3) is 0 Å². The van der Waals surface area contributed by atoms with Crippen LogP contribution in [0.2, 0.25) is 5.02 Å². The van der Waals surface area contributed by atoms with Crippen LogP contribution in [0, 0.1) is 11.6 Å². The number of nitrogens with one attached hydrogen (secondary N) is 2. The van der Waals surface area contributed by atoms with Gasteiger partial charge in [0.1, 0.15) is 11.6 Å². The molecule has 3 nitrogen and oxygen atoms in total. The lowest BCUT2D eigenvalue weighted by atomic mass is 10.1. The highest BCUT2D eigenvalue weighted by molar-refractivity contribution is 7.10. The summed E-state index contributed by atoms with van der Waals surface area (Å²) in [6, 6.07) is 13.5. The third-order valence-corrected chi connectivity index (χ3v) is 4.95. The molecule has 134 valence electrons. The average molecular weight is 393 g/mol. The summed E-state index contributed by atoms with van der Waals surface area (Å²) >= 11 is 7.46. The largest absolute Gasteiger partial charge is 0.324 e. The molecule has 0 aliphatic rings. The molecule has 1 amide bonds. The minimum absolute atomic E-state index is 0.00759. The van der Waals surface area contributed by atoms with Crippen molar-refractivity contribution in [1.82, 2.24) is 5.32 Å². The fourth-order valence-electron chi connectivity index (χ4n) is 2.47. The van der Waals surface area contributed by atoms with E-state index in [1.54, 1.807) is 12.1 Å². The highest BCUT2D eigenvalue weighted by Crippen LogP contribution is 2.26. The van der Waals surface area contributed by atoms with Gasteiger partial charge in [-0.1, -0.05) is 29.8 Å². The van der Waals surface area contributed by atoms with E-state index in [2.05, 4.69) is 10.6 Å². The van der Waals surface area contributed by atoms with Gasteiger partial charge in [-0.25, -0.2) is 8.78 Å². The van der Waals surface area contributed by atoms with Gasteiger partial charge in [0.15, 0.2) is 0 Å². The zero-order valence-electron chi connectivity index (χ0n) is 13.5. The number of carbonyl (C=O) groups excluding carboxylic acids is 1. The van der Waals surface area contributed by atoms with Crippen LogP contribution < -0.4 is 10.6 Å². The van der Waals surface area contributed by atoms with E-state index < -0.39 is 5.82 Å². The summed E-state index contributed by atoms with van der Waals surface area (Å²) in [7, 11) is 0. The van der Waals surface area contributed by atoms with E-state index in [1.807, 2.05) is 17.5 Å². The maximum atomic E-state index is 13.2. The summed E-state index contributed by atoms with van der Waals surface area (Å²) in [6.45, 7) is 0.00759. The van der Waals surface area contributed by atoms with E-state index in [4.69, 9.17) is 11.6 Å². The molecule has 3 rings (SSSR count). The van der Waals surface area contributed by atoms with Crippen LogP contribution in [0.5, 0.6) is 0 Å². The van der Waals surface area contributed by atoms with Gasteiger partial charge in [0.05, 0.1) is 23.3 Å². The number of hydrogen-bond acceptors (Lipinski definition) is 3. The molecule has 1 unspecified atom stereocenters. The van der Waals surface area contributed by atoms with Crippen molar-refractivity contribution < 1.29 is 13.6 Å².